The van der Waals surface area contributed by atoms with Crippen molar-refractivity contribution in [1.29, 1.82) is 0 Å². The van der Waals surface area contributed by atoms with Gasteiger partial charge in [-0.3, -0.25) is 0 Å². The number of aromatic carboxylic acids is 1. The minimum atomic E-state index is -1.06. The molecule has 0 radical (unpaired) electrons. The zero-order valence-corrected chi connectivity index (χ0v) is 10.7. The summed E-state index contributed by atoms with van der Waals surface area (Å²) in [7, 11) is 0. The summed E-state index contributed by atoms with van der Waals surface area (Å²) in [5, 5.41) is 8.73. The molecule has 1 aromatic carbocycles. The highest BCUT2D eigenvalue weighted by atomic mass is 16.5. The van der Waals surface area contributed by atoms with Gasteiger partial charge in [-0.15, -0.1) is 0 Å². The molecule has 5 nitrogen and oxygen atoms in total. The molecule has 0 spiro atoms. The van der Waals surface area contributed by atoms with E-state index in [2.05, 4.69) is 23.8 Å². The molecule has 1 aromatic heterocycles. The molecule has 0 saturated heterocycles. The number of carbonyl (C=O) groups is 1. The summed E-state index contributed by atoms with van der Waals surface area (Å²) in [5.74, 6) is 0.0143. The fourth-order valence-electron chi connectivity index (χ4n) is 1.51. The van der Waals surface area contributed by atoms with Gasteiger partial charge in [-0.05, 0) is 23.6 Å². The van der Waals surface area contributed by atoms with Gasteiger partial charge in [0, 0.05) is 12.4 Å². The van der Waals surface area contributed by atoms with E-state index in [0.29, 0.717) is 11.7 Å². The largest absolute Gasteiger partial charge is 0.478 e. The van der Waals surface area contributed by atoms with Crippen molar-refractivity contribution >= 4 is 5.97 Å². The van der Waals surface area contributed by atoms with E-state index in [1.54, 1.807) is 0 Å². The molecule has 98 valence electrons. The molecule has 0 aliphatic carbocycles. The molecule has 0 bridgehead atoms. The van der Waals surface area contributed by atoms with Gasteiger partial charge in [0.2, 0.25) is 0 Å². The van der Waals surface area contributed by atoms with E-state index in [-0.39, 0.29) is 11.6 Å². The van der Waals surface area contributed by atoms with Crippen molar-refractivity contribution in [2.45, 2.75) is 19.8 Å². The molecule has 0 atom stereocenters. The summed E-state index contributed by atoms with van der Waals surface area (Å²) < 4.78 is 5.43. The van der Waals surface area contributed by atoms with E-state index in [4.69, 9.17) is 9.84 Å². The van der Waals surface area contributed by atoms with E-state index >= 15 is 0 Å². The molecular formula is C14H14N2O3. The topological polar surface area (TPSA) is 72.3 Å². The highest BCUT2D eigenvalue weighted by molar-refractivity contribution is 5.86. The van der Waals surface area contributed by atoms with Crippen LogP contribution in [0.1, 0.15) is 35.7 Å². The van der Waals surface area contributed by atoms with Gasteiger partial charge >= 0.3 is 12.0 Å². The summed E-state index contributed by atoms with van der Waals surface area (Å²) in [6.45, 7) is 4.23. The first kappa shape index (κ1) is 13.0. The van der Waals surface area contributed by atoms with Gasteiger partial charge in [0.1, 0.15) is 5.75 Å². The highest BCUT2D eigenvalue weighted by Crippen LogP contribution is 2.21. The second-order valence-corrected chi connectivity index (χ2v) is 4.39. The molecular weight excluding hydrogens is 244 g/mol. The first-order valence-electron chi connectivity index (χ1n) is 5.89. The SMILES string of the molecule is CC(C)c1ccc(Oc2ncc(C(=O)O)cn2)cc1. The van der Waals surface area contributed by atoms with E-state index in [1.807, 2.05) is 24.3 Å². The predicted octanol–water partition coefficient (Wildman–Crippen LogP) is 3.09. The van der Waals surface area contributed by atoms with E-state index < -0.39 is 5.97 Å². The molecule has 0 fully saturated rings. The maximum absolute atomic E-state index is 10.7. The van der Waals surface area contributed by atoms with Crippen LogP contribution >= 0.6 is 0 Å². The molecule has 1 N–H and O–H groups in total. The van der Waals surface area contributed by atoms with E-state index in [9.17, 15) is 4.79 Å². The van der Waals surface area contributed by atoms with E-state index in [1.165, 1.54) is 18.0 Å². The lowest BCUT2D eigenvalue weighted by Gasteiger charge is -2.07. The third kappa shape index (κ3) is 3.28. The molecule has 5 heteroatoms. The van der Waals surface area contributed by atoms with Crippen molar-refractivity contribution in [3.63, 3.8) is 0 Å². The number of ether oxygens (including phenoxy) is 1. The van der Waals surface area contributed by atoms with Crippen LogP contribution in [-0.2, 0) is 0 Å². The number of hydrogen-bond acceptors (Lipinski definition) is 4. The van der Waals surface area contributed by atoms with Crippen molar-refractivity contribution in [3.8, 4) is 11.8 Å². The Kier molecular flexibility index (Phi) is 3.75. The maximum atomic E-state index is 10.7. The molecule has 0 aliphatic heterocycles. The van der Waals surface area contributed by atoms with Gasteiger partial charge in [0.05, 0.1) is 5.56 Å². The second-order valence-electron chi connectivity index (χ2n) is 4.39. The Morgan fingerprint density at radius 3 is 2.21 bits per heavy atom. The minimum absolute atomic E-state index is 0.0301. The Bertz CT molecular complexity index is 562. The Hall–Kier alpha value is -2.43. The monoisotopic (exact) mass is 258 g/mol. The number of aromatic nitrogens is 2. The van der Waals surface area contributed by atoms with Crippen LogP contribution in [0.2, 0.25) is 0 Å². The number of carboxylic acids is 1. The number of rotatable bonds is 4. The summed E-state index contributed by atoms with van der Waals surface area (Å²) in [6.07, 6.45) is 2.43. The molecule has 0 saturated carbocycles. The summed E-state index contributed by atoms with van der Waals surface area (Å²) >= 11 is 0. The van der Waals surface area contributed by atoms with Gasteiger partial charge in [-0.2, -0.15) is 0 Å². The zero-order valence-electron chi connectivity index (χ0n) is 10.7. The van der Waals surface area contributed by atoms with Crippen LogP contribution in [0, 0.1) is 0 Å². The van der Waals surface area contributed by atoms with Gasteiger partial charge in [0.15, 0.2) is 0 Å². The highest BCUT2D eigenvalue weighted by Gasteiger charge is 2.06. The fraction of sp³-hybridized carbons (Fsp3) is 0.214. The molecule has 19 heavy (non-hydrogen) atoms. The lowest BCUT2D eigenvalue weighted by molar-refractivity contribution is 0.0696. The van der Waals surface area contributed by atoms with Crippen LogP contribution in [-0.4, -0.2) is 21.0 Å². The maximum Gasteiger partial charge on any atom is 0.338 e. The van der Waals surface area contributed by atoms with Crippen LogP contribution in [0.4, 0.5) is 0 Å². The lowest BCUT2D eigenvalue weighted by atomic mass is 10.0. The fourth-order valence-corrected chi connectivity index (χ4v) is 1.51. The normalized spacial score (nSPS) is 10.5. The third-order valence-corrected chi connectivity index (χ3v) is 2.63. The van der Waals surface area contributed by atoms with Crippen molar-refractivity contribution in [1.82, 2.24) is 9.97 Å². The zero-order chi connectivity index (χ0) is 13.8. The van der Waals surface area contributed by atoms with Crippen molar-refractivity contribution < 1.29 is 14.6 Å². The number of hydrogen-bond donors (Lipinski definition) is 1. The summed E-state index contributed by atoms with van der Waals surface area (Å²) in [6, 6.07) is 7.76. The van der Waals surface area contributed by atoms with Gasteiger partial charge < -0.3 is 9.84 Å². The van der Waals surface area contributed by atoms with E-state index in [0.717, 1.165) is 0 Å². The molecule has 0 aliphatic rings. The molecule has 2 aromatic rings. The van der Waals surface area contributed by atoms with Crippen LogP contribution in [0.5, 0.6) is 11.8 Å². The minimum Gasteiger partial charge on any atom is -0.478 e. The Labute approximate surface area is 110 Å². The predicted molar refractivity (Wildman–Crippen MR) is 69.6 cm³/mol. The quantitative estimate of drug-likeness (QED) is 0.912. The molecule has 1 heterocycles. The van der Waals surface area contributed by atoms with Crippen LogP contribution < -0.4 is 4.74 Å². The summed E-state index contributed by atoms with van der Waals surface area (Å²) in [4.78, 5) is 18.3. The number of carboxylic acid groups (broad SMARTS) is 1. The molecule has 2 rings (SSSR count). The van der Waals surface area contributed by atoms with Gasteiger partial charge in [-0.25, -0.2) is 14.8 Å². The van der Waals surface area contributed by atoms with Crippen LogP contribution in [0.15, 0.2) is 36.7 Å². The number of benzene rings is 1. The first-order chi connectivity index (χ1) is 9.06. The Morgan fingerprint density at radius 1 is 1.16 bits per heavy atom. The van der Waals surface area contributed by atoms with Crippen LogP contribution in [0.25, 0.3) is 0 Å². The van der Waals surface area contributed by atoms with Crippen molar-refractivity contribution in [2.24, 2.45) is 0 Å². The summed E-state index contributed by atoms with van der Waals surface area (Å²) in [5.41, 5.74) is 1.25. The smallest absolute Gasteiger partial charge is 0.338 e. The lowest BCUT2D eigenvalue weighted by Crippen LogP contribution is -1.99. The second kappa shape index (κ2) is 5.48. The third-order valence-electron chi connectivity index (χ3n) is 2.63. The Balaban J connectivity index is 2.10. The molecule has 0 unspecified atom stereocenters. The average Bonchev–Trinajstić information content (AvgIpc) is 2.40. The standard InChI is InChI=1S/C14H14N2O3/c1-9(2)10-3-5-12(6-4-10)19-14-15-7-11(8-16-14)13(17)18/h3-9H,1-2H3,(H,17,18). The Morgan fingerprint density at radius 2 is 1.74 bits per heavy atom. The van der Waals surface area contributed by atoms with Crippen molar-refractivity contribution in [3.05, 3.63) is 47.8 Å². The first-order valence-corrected chi connectivity index (χ1v) is 5.89. The number of nitrogens with zero attached hydrogens (tertiary/aromatic N) is 2. The van der Waals surface area contributed by atoms with Crippen molar-refractivity contribution in [2.75, 3.05) is 0 Å². The molecule has 0 amide bonds. The van der Waals surface area contributed by atoms with Crippen LogP contribution in [0.3, 0.4) is 0 Å². The van der Waals surface area contributed by atoms with Gasteiger partial charge in [-0.1, -0.05) is 26.0 Å². The van der Waals surface area contributed by atoms with Gasteiger partial charge in [0.25, 0.3) is 0 Å². The average molecular weight is 258 g/mol.